The number of aromatic carboxylic acids is 1. The van der Waals surface area contributed by atoms with Gasteiger partial charge in [-0.1, -0.05) is 32.0 Å². The van der Waals surface area contributed by atoms with Crippen LogP contribution in [0.1, 0.15) is 64.4 Å². The molecule has 0 radical (unpaired) electrons. The number of para-hydroxylation sites is 1. The van der Waals surface area contributed by atoms with Crippen LogP contribution in [0.25, 0.3) is 0 Å². The second-order valence-electron chi connectivity index (χ2n) is 7.57. The van der Waals surface area contributed by atoms with Crippen molar-refractivity contribution in [3.63, 3.8) is 0 Å². The first kappa shape index (κ1) is 19.1. The normalized spacial score (nSPS) is 17.8. The van der Waals surface area contributed by atoms with Crippen LogP contribution in [0.4, 0.5) is 0 Å². The van der Waals surface area contributed by atoms with E-state index >= 15 is 0 Å². The zero-order chi connectivity index (χ0) is 19.6. The minimum Gasteiger partial charge on any atom is -0.478 e. The van der Waals surface area contributed by atoms with Gasteiger partial charge in [0, 0.05) is 13.0 Å². The van der Waals surface area contributed by atoms with Crippen LogP contribution in [0, 0.1) is 0 Å². The molecule has 1 aliphatic rings. The molecule has 0 amide bonds. The molecule has 0 heterocycles. The SMILES string of the molecule is COCC1CCC(C)(C)c2ccc(C(=O)Oc3ccccc3C(=O)O)cc21. The molecule has 0 saturated heterocycles. The Morgan fingerprint density at radius 1 is 1.19 bits per heavy atom. The number of methoxy groups -OCH3 is 1. The van der Waals surface area contributed by atoms with Gasteiger partial charge in [0.25, 0.3) is 0 Å². The molecule has 1 aliphatic carbocycles. The van der Waals surface area contributed by atoms with Gasteiger partial charge in [0.1, 0.15) is 11.3 Å². The monoisotopic (exact) mass is 368 g/mol. The van der Waals surface area contributed by atoms with Gasteiger partial charge in [-0.25, -0.2) is 9.59 Å². The van der Waals surface area contributed by atoms with E-state index in [-0.39, 0.29) is 22.6 Å². The number of carbonyl (C=O) groups is 2. The summed E-state index contributed by atoms with van der Waals surface area (Å²) in [6, 6.07) is 11.7. The number of fused-ring (bicyclic) bond motifs is 1. The van der Waals surface area contributed by atoms with Gasteiger partial charge in [0.15, 0.2) is 0 Å². The molecule has 5 heteroatoms. The highest BCUT2D eigenvalue weighted by Crippen LogP contribution is 2.43. The molecule has 0 aliphatic heterocycles. The van der Waals surface area contributed by atoms with Gasteiger partial charge < -0.3 is 14.6 Å². The van der Waals surface area contributed by atoms with Gasteiger partial charge in [-0.05, 0) is 53.6 Å². The molecule has 1 atom stereocenters. The van der Waals surface area contributed by atoms with Crippen LogP contribution in [-0.2, 0) is 10.2 Å². The maximum Gasteiger partial charge on any atom is 0.343 e. The summed E-state index contributed by atoms with van der Waals surface area (Å²) in [6.45, 7) is 5.01. The molecular formula is C22H24O5. The van der Waals surface area contributed by atoms with Gasteiger partial charge in [-0.15, -0.1) is 0 Å². The molecule has 2 aromatic carbocycles. The van der Waals surface area contributed by atoms with E-state index in [1.54, 1.807) is 25.3 Å². The molecule has 142 valence electrons. The molecule has 2 aromatic rings. The smallest absolute Gasteiger partial charge is 0.343 e. The van der Waals surface area contributed by atoms with Crippen molar-refractivity contribution in [2.24, 2.45) is 0 Å². The van der Waals surface area contributed by atoms with Crippen LogP contribution in [0.15, 0.2) is 42.5 Å². The Bertz CT molecular complexity index is 869. The van der Waals surface area contributed by atoms with Crippen molar-refractivity contribution in [2.75, 3.05) is 13.7 Å². The first-order chi connectivity index (χ1) is 12.8. The second kappa shape index (κ2) is 7.53. The number of carboxylic acids is 1. The number of carboxylic acid groups (broad SMARTS) is 1. The maximum absolute atomic E-state index is 12.7. The topological polar surface area (TPSA) is 72.8 Å². The van der Waals surface area contributed by atoms with Crippen molar-refractivity contribution in [2.45, 2.75) is 38.0 Å². The van der Waals surface area contributed by atoms with Gasteiger partial charge in [-0.3, -0.25) is 0 Å². The fraction of sp³-hybridized carbons (Fsp3) is 0.364. The summed E-state index contributed by atoms with van der Waals surface area (Å²) in [5.74, 6) is -1.42. The lowest BCUT2D eigenvalue weighted by Gasteiger charge is -2.37. The van der Waals surface area contributed by atoms with E-state index in [0.29, 0.717) is 12.2 Å². The standard InChI is InChI=1S/C22H24O5/c1-22(2)11-10-15(13-26-3)17-12-14(8-9-18(17)22)21(25)27-19-7-5-4-6-16(19)20(23)24/h4-9,12,15H,10-11,13H2,1-3H3,(H,23,24). The van der Waals surface area contributed by atoms with Crippen LogP contribution >= 0.6 is 0 Å². The molecule has 27 heavy (non-hydrogen) atoms. The van der Waals surface area contributed by atoms with Gasteiger partial charge in [0.05, 0.1) is 12.2 Å². The highest BCUT2D eigenvalue weighted by molar-refractivity contribution is 5.95. The van der Waals surface area contributed by atoms with E-state index in [9.17, 15) is 14.7 Å². The van der Waals surface area contributed by atoms with Crippen LogP contribution < -0.4 is 4.74 Å². The Morgan fingerprint density at radius 3 is 2.63 bits per heavy atom. The molecule has 1 N–H and O–H groups in total. The highest BCUT2D eigenvalue weighted by Gasteiger charge is 2.33. The van der Waals surface area contributed by atoms with Gasteiger partial charge >= 0.3 is 11.9 Å². The van der Waals surface area contributed by atoms with Crippen LogP contribution in [-0.4, -0.2) is 30.8 Å². The Balaban J connectivity index is 1.93. The Kier molecular flexibility index (Phi) is 5.33. The number of carbonyl (C=O) groups excluding carboxylic acids is 1. The van der Waals surface area contributed by atoms with E-state index in [1.807, 2.05) is 12.1 Å². The van der Waals surface area contributed by atoms with E-state index in [4.69, 9.17) is 9.47 Å². The Labute approximate surface area is 158 Å². The largest absolute Gasteiger partial charge is 0.478 e. The summed E-state index contributed by atoms with van der Waals surface area (Å²) in [7, 11) is 1.68. The third kappa shape index (κ3) is 3.88. The van der Waals surface area contributed by atoms with Crippen molar-refractivity contribution in [3.05, 3.63) is 64.7 Å². The van der Waals surface area contributed by atoms with E-state index in [2.05, 4.69) is 13.8 Å². The number of ether oxygens (including phenoxy) is 2. The number of esters is 1. The average molecular weight is 368 g/mol. The summed E-state index contributed by atoms with van der Waals surface area (Å²) in [4.78, 5) is 24.0. The summed E-state index contributed by atoms with van der Waals surface area (Å²) >= 11 is 0. The number of hydrogen-bond donors (Lipinski definition) is 1. The lowest BCUT2D eigenvalue weighted by Crippen LogP contribution is -2.28. The lowest BCUT2D eigenvalue weighted by atomic mass is 9.68. The molecule has 0 saturated carbocycles. The molecule has 0 fully saturated rings. The first-order valence-electron chi connectivity index (χ1n) is 9.01. The number of hydrogen-bond acceptors (Lipinski definition) is 4. The summed E-state index contributed by atoms with van der Waals surface area (Å²) in [5, 5.41) is 9.25. The van der Waals surface area contributed by atoms with Gasteiger partial charge in [0.2, 0.25) is 0 Å². The zero-order valence-corrected chi connectivity index (χ0v) is 15.8. The molecule has 1 unspecified atom stereocenters. The molecule has 0 bridgehead atoms. The summed E-state index contributed by atoms with van der Waals surface area (Å²) in [6.07, 6.45) is 2.05. The Morgan fingerprint density at radius 2 is 1.93 bits per heavy atom. The number of benzene rings is 2. The molecule has 5 nitrogen and oxygen atoms in total. The quantitative estimate of drug-likeness (QED) is 0.625. The highest BCUT2D eigenvalue weighted by atomic mass is 16.5. The number of rotatable bonds is 5. The van der Waals surface area contributed by atoms with Crippen LogP contribution in [0.3, 0.4) is 0 Å². The molecule has 0 aromatic heterocycles. The van der Waals surface area contributed by atoms with Crippen molar-refractivity contribution in [1.29, 1.82) is 0 Å². The third-order valence-corrected chi connectivity index (χ3v) is 5.26. The minimum absolute atomic E-state index is 0.0396. The third-order valence-electron chi connectivity index (χ3n) is 5.26. The molecule has 3 rings (SSSR count). The predicted molar refractivity (Wildman–Crippen MR) is 102 cm³/mol. The second-order valence-corrected chi connectivity index (χ2v) is 7.57. The van der Waals surface area contributed by atoms with E-state index in [1.165, 1.54) is 17.7 Å². The molecule has 0 spiro atoms. The van der Waals surface area contributed by atoms with Crippen molar-refractivity contribution >= 4 is 11.9 Å². The van der Waals surface area contributed by atoms with Crippen LogP contribution in [0.5, 0.6) is 5.75 Å². The van der Waals surface area contributed by atoms with Crippen molar-refractivity contribution < 1.29 is 24.2 Å². The van der Waals surface area contributed by atoms with Gasteiger partial charge in [-0.2, -0.15) is 0 Å². The Hall–Kier alpha value is -2.66. The van der Waals surface area contributed by atoms with E-state index < -0.39 is 11.9 Å². The molecular weight excluding hydrogens is 344 g/mol. The first-order valence-corrected chi connectivity index (χ1v) is 9.01. The van der Waals surface area contributed by atoms with Crippen LogP contribution in [0.2, 0.25) is 0 Å². The van der Waals surface area contributed by atoms with E-state index in [0.717, 1.165) is 18.4 Å². The fourth-order valence-corrected chi connectivity index (χ4v) is 3.73. The zero-order valence-electron chi connectivity index (χ0n) is 15.8. The predicted octanol–water partition coefficient (Wildman–Crippen LogP) is 4.41. The lowest BCUT2D eigenvalue weighted by molar-refractivity contribution is 0.0681. The summed E-state index contributed by atoms with van der Waals surface area (Å²) < 4.78 is 10.7. The maximum atomic E-state index is 12.7. The fourth-order valence-electron chi connectivity index (χ4n) is 3.73. The average Bonchev–Trinajstić information content (AvgIpc) is 2.64. The minimum atomic E-state index is -1.13. The summed E-state index contributed by atoms with van der Waals surface area (Å²) in [5.41, 5.74) is 2.74. The van der Waals surface area contributed by atoms with Crippen molar-refractivity contribution in [1.82, 2.24) is 0 Å². The van der Waals surface area contributed by atoms with Crippen molar-refractivity contribution in [3.8, 4) is 5.75 Å².